The number of hydrogen-bond acceptors (Lipinski definition) is 7. The smallest absolute Gasteiger partial charge is 0.283 e. The highest BCUT2D eigenvalue weighted by Crippen LogP contribution is 2.18. The maximum atomic E-state index is 12.9. The summed E-state index contributed by atoms with van der Waals surface area (Å²) < 4.78 is 34.6. The molecule has 0 unspecified atom stereocenters. The molecule has 2 aromatic heterocycles. The third-order valence-corrected chi connectivity index (χ3v) is 7.63. The second kappa shape index (κ2) is 9.06. The molecule has 1 amide bonds. The molecule has 0 aliphatic carbocycles. The minimum atomic E-state index is -3.67. The first kappa shape index (κ1) is 22.9. The van der Waals surface area contributed by atoms with Crippen LogP contribution >= 0.6 is 0 Å². The molecule has 0 spiro atoms. The van der Waals surface area contributed by atoms with Crippen molar-refractivity contribution in [2.75, 3.05) is 31.7 Å². The molecule has 2 aromatic carbocycles. The van der Waals surface area contributed by atoms with E-state index >= 15 is 0 Å². The fraction of sp³-hybridized carbons (Fsp3) is 0.217. The Morgan fingerprint density at radius 2 is 1.71 bits per heavy atom. The lowest BCUT2D eigenvalue weighted by Crippen LogP contribution is -2.40. The second-order valence-corrected chi connectivity index (χ2v) is 9.97. The molecule has 4 aromatic rings. The van der Waals surface area contributed by atoms with Gasteiger partial charge in [0.25, 0.3) is 11.5 Å². The summed E-state index contributed by atoms with van der Waals surface area (Å²) >= 11 is 0. The minimum Gasteiger partial charge on any atom is -0.379 e. The summed E-state index contributed by atoms with van der Waals surface area (Å²) in [7, 11) is -3.67. The molecule has 180 valence electrons. The molecule has 0 radical (unpaired) electrons. The van der Waals surface area contributed by atoms with E-state index < -0.39 is 21.5 Å². The zero-order valence-electron chi connectivity index (χ0n) is 18.8. The Morgan fingerprint density at radius 1 is 1.03 bits per heavy atom. The number of sulfonamides is 1. The van der Waals surface area contributed by atoms with Crippen molar-refractivity contribution >= 4 is 27.0 Å². The van der Waals surface area contributed by atoms with E-state index in [4.69, 9.17) is 4.74 Å². The lowest BCUT2D eigenvalue weighted by molar-refractivity contribution is 0.0730. The van der Waals surface area contributed by atoms with E-state index in [2.05, 4.69) is 15.5 Å². The Labute approximate surface area is 200 Å². The van der Waals surface area contributed by atoms with Crippen molar-refractivity contribution in [3.8, 4) is 5.69 Å². The predicted octanol–water partition coefficient (Wildman–Crippen LogP) is 1.30. The molecule has 11 nitrogen and oxygen atoms in total. The van der Waals surface area contributed by atoms with Crippen molar-refractivity contribution in [3.63, 3.8) is 0 Å². The molecular weight excluding hydrogens is 472 g/mol. The van der Waals surface area contributed by atoms with Gasteiger partial charge in [-0.2, -0.15) is 9.40 Å². The summed E-state index contributed by atoms with van der Waals surface area (Å²) in [6.07, 6.45) is 2.62. The van der Waals surface area contributed by atoms with Crippen molar-refractivity contribution in [1.82, 2.24) is 23.7 Å². The van der Waals surface area contributed by atoms with Crippen molar-refractivity contribution in [2.45, 2.75) is 11.8 Å². The first-order valence-electron chi connectivity index (χ1n) is 10.9. The van der Waals surface area contributed by atoms with Gasteiger partial charge in [-0.25, -0.2) is 22.8 Å². The highest BCUT2D eigenvalue weighted by atomic mass is 32.2. The Hall–Kier alpha value is -3.87. The highest BCUT2D eigenvalue weighted by molar-refractivity contribution is 7.89. The van der Waals surface area contributed by atoms with E-state index in [1.807, 2.05) is 31.2 Å². The van der Waals surface area contributed by atoms with E-state index in [1.54, 1.807) is 4.68 Å². The number of aromatic nitrogens is 4. The quantitative estimate of drug-likeness (QED) is 0.443. The summed E-state index contributed by atoms with van der Waals surface area (Å²) in [5.74, 6) is -0.588. The number of nitrogens with zero attached hydrogens (tertiary/aromatic N) is 5. The number of amides is 1. The second-order valence-electron chi connectivity index (χ2n) is 8.03. The molecule has 12 heteroatoms. The predicted molar refractivity (Wildman–Crippen MR) is 128 cm³/mol. The number of morpholine rings is 1. The monoisotopic (exact) mass is 494 g/mol. The van der Waals surface area contributed by atoms with E-state index in [1.165, 1.54) is 41.1 Å². The highest BCUT2D eigenvalue weighted by Gasteiger charge is 2.26. The number of nitrogens with one attached hydrogen (secondary N) is 1. The van der Waals surface area contributed by atoms with Crippen LogP contribution in [-0.2, 0) is 14.8 Å². The van der Waals surface area contributed by atoms with Gasteiger partial charge in [0, 0.05) is 18.7 Å². The number of rotatable bonds is 5. The minimum absolute atomic E-state index is 0.0831. The van der Waals surface area contributed by atoms with Gasteiger partial charge in [-0.1, -0.05) is 17.7 Å². The SMILES string of the molecule is Cc1ccc(-n2ncc3c(=O)n(NC(=O)c4ccc(S(=O)(=O)N5CCOCC5)cc4)cnc32)cc1. The number of benzene rings is 2. The first-order chi connectivity index (χ1) is 16.8. The maximum Gasteiger partial charge on any atom is 0.283 e. The zero-order chi connectivity index (χ0) is 24.6. The van der Waals surface area contributed by atoms with Gasteiger partial charge < -0.3 is 4.74 Å². The molecule has 1 saturated heterocycles. The zero-order valence-corrected chi connectivity index (χ0v) is 19.6. The standard InChI is InChI=1S/C23H22N6O5S/c1-16-2-6-18(7-3-16)29-21-20(14-25-29)23(31)28(15-24-21)26-22(30)17-4-8-19(9-5-17)35(32,33)27-10-12-34-13-11-27/h2-9,14-15H,10-13H2,1H3,(H,26,30). The summed E-state index contributed by atoms with van der Waals surface area (Å²) in [6.45, 7) is 3.22. The van der Waals surface area contributed by atoms with Crippen LogP contribution < -0.4 is 11.0 Å². The summed E-state index contributed by atoms with van der Waals surface area (Å²) in [5, 5.41) is 4.50. The van der Waals surface area contributed by atoms with Gasteiger partial charge in [0.05, 0.1) is 30.0 Å². The van der Waals surface area contributed by atoms with E-state index in [0.717, 1.165) is 15.9 Å². The molecule has 0 atom stereocenters. The molecule has 35 heavy (non-hydrogen) atoms. The van der Waals surface area contributed by atoms with Crippen molar-refractivity contribution in [2.24, 2.45) is 0 Å². The summed E-state index contributed by atoms with van der Waals surface area (Å²) in [4.78, 5) is 30.0. The van der Waals surface area contributed by atoms with Gasteiger partial charge in [0.2, 0.25) is 10.0 Å². The van der Waals surface area contributed by atoms with E-state index in [0.29, 0.717) is 18.9 Å². The Balaban J connectivity index is 1.36. The third kappa shape index (κ3) is 4.34. The van der Waals surface area contributed by atoms with Crippen molar-refractivity contribution < 1.29 is 17.9 Å². The van der Waals surface area contributed by atoms with Crippen LogP contribution in [0.15, 0.2) is 70.7 Å². The van der Waals surface area contributed by atoms with Crippen LogP contribution in [0, 0.1) is 6.92 Å². The number of aryl methyl sites for hydroxylation is 1. The molecule has 1 aliphatic heterocycles. The molecule has 0 saturated carbocycles. The van der Waals surface area contributed by atoms with Gasteiger partial charge in [-0.05, 0) is 43.3 Å². The number of fused-ring (bicyclic) bond motifs is 1. The average molecular weight is 495 g/mol. The number of ether oxygens (including phenoxy) is 1. The van der Waals surface area contributed by atoms with Crippen LogP contribution in [0.1, 0.15) is 15.9 Å². The fourth-order valence-corrected chi connectivity index (χ4v) is 5.16. The van der Waals surface area contributed by atoms with Crippen molar-refractivity contribution in [3.05, 3.63) is 82.5 Å². The van der Waals surface area contributed by atoms with Gasteiger partial charge in [0.15, 0.2) is 5.65 Å². The van der Waals surface area contributed by atoms with Crippen LogP contribution in [0.25, 0.3) is 16.7 Å². The number of carbonyl (C=O) groups is 1. The Kier molecular flexibility index (Phi) is 5.93. The van der Waals surface area contributed by atoms with Crippen LogP contribution in [0.5, 0.6) is 0 Å². The molecule has 5 rings (SSSR count). The van der Waals surface area contributed by atoms with E-state index in [9.17, 15) is 18.0 Å². The lowest BCUT2D eigenvalue weighted by atomic mass is 10.2. The Bertz CT molecular complexity index is 1550. The summed E-state index contributed by atoms with van der Waals surface area (Å²) in [6, 6.07) is 13.2. The van der Waals surface area contributed by atoms with Gasteiger partial charge in [-0.3, -0.25) is 15.0 Å². The number of carbonyl (C=O) groups excluding carboxylic acids is 1. The normalized spacial score (nSPS) is 14.8. The third-order valence-electron chi connectivity index (χ3n) is 5.71. The van der Waals surface area contributed by atoms with Gasteiger partial charge in [-0.15, -0.1) is 0 Å². The van der Waals surface area contributed by atoms with Crippen LogP contribution in [0.3, 0.4) is 0 Å². The average Bonchev–Trinajstić information content (AvgIpc) is 3.31. The molecule has 1 aliphatic rings. The van der Waals surface area contributed by atoms with Gasteiger partial charge >= 0.3 is 0 Å². The van der Waals surface area contributed by atoms with Crippen LogP contribution in [-0.4, -0.2) is 64.4 Å². The number of hydrogen-bond donors (Lipinski definition) is 1. The fourth-order valence-electron chi connectivity index (χ4n) is 3.75. The Morgan fingerprint density at radius 3 is 2.40 bits per heavy atom. The molecule has 1 fully saturated rings. The lowest BCUT2D eigenvalue weighted by Gasteiger charge is -2.26. The maximum absolute atomic E-state index is 12.9. The molecule has 0 bridgehead atoms. The molecular formula is C23H22N6O5S. The topological polar surface area (TPSA) is 128 Å². The van der Waals surface area contributed by atoms with Crippen LogP contribution in [0.2, 0.25) is 0 Å². The molecule has 3 heterocycles. The van der Waals surface area contributed by atoms with Gasteiger partial charge in [0.1, 0.15) is 11.7 Å². The van der Waals surface area contributed by atoms with Crippen LogP contribution in [0.4, 0.5) is 0 Å². The van der Waals surface area contributed by atoms with E-state index in [-0.39, 0.29) is 28.9 Å². The largest absolute Gasteiger partial charge is 0.379 e. The van der Waals surface area contributed by atoms with Crippen molar-refractivity contribution in [1.29, 1.82) is 0 Å². The molecule has 1 N–H and O–H groups in total. The first-order valence-corrected chi connectivity index (χ1v) is 12.3. The summed E-state index contributed by atoms with van der Waals surface area (Å²) in [5.41, 5.74) is 4.39.